The minimum atomic E-state index is -0.785. The summed E-state index contributed by atoms with van der Waals surface area (Å²) in [6.07, 6.45) is 0.965. The molecular formula is C11H20N4O2. The van der Waals surface area contributed by atoms with E-state index in [2.05, 4.69) is 9.97 Å². The molecule has 0 amide bonds. The van der Waals surface area contributed by atoms with Gasteiger partial charge in [-0.25, -0.2) is 4.98 Å². The number of likely N-dealkylation sites (N-methyl/N-ethyl adjacent to an activating group) is 1. The molecule has 0 radical (unpaired) electrons. The maximum absolute atomic E-state index is 9.37. The third-order valence-electron chi connectivity index (χ3n) is 2.39. The first-order valence-corrected chi connectivity index (χ1v) is 5.46. The van der Waals surface area contributed by atoms with Crippen LogP contribution in [0.15, 0.2) is 6.20 Å². The van der Waals surface area contributed by atoms with E-state index in [0.29, 0.717) is 12.5 Å². The SMILES string of the molecule is Cc1cnc(N(C)C[C@@H](O)CO)nc1N(C)C. The average molecular weight is 240 g/mol. The molecule has 2 N–H and O–H groups in total. The van der Waals surface area contributed by atoms with Gasteiger partial charge in [0, 0.05) is 39.4 Å². The summed E-state index contributed by atoms with van der Waals surface area (Å²) >= 11 is 0. The highest BCUT2D eigenvalue weighted by Crippen LogP contribution is 2.16. The molecule has 0 bridgehead atoms. The van der Waals surface area contributed by atoms with Crippen molar-refractivity contribution in [1.82, 2.24) is 9.97 Å². The van der Waals surface area contributed by atoms with E-state index in [0.717, 1.165) is 11.4 Å². The Kier molecular flexibility index (Phi) is 4.65. The van der Waals surface area contributed by atoms with Crippen LogP contribution in [-0.2, 0) is 0 Å². The first-order valence-electron chi connectivity index (χ1n) is 5.46. The van der Waals surface area contributed by atoms with Crippen molar-refractivity contribution in [2.45, 2.75) is 13.0 Å². The number of rotatable bonds is 5. The molecule has 1 aromatic heterocycles. The van der Waals surface area contributed by atoms with Crippen LogP contribution in [0.2, 0.25) is 0 Å². The number of aliphatic hydroxyl groups is 2. The summed E-state index contributed by atoms with van der Waals surface area (Å²) in [7, 11) is 5.62. The van der Waals surface area contributed by atoms with Crippen LogP contribution in [0.1, 0.15) is 5.56 Å². The molecule has 0 aliphatic carbocycles. The van der Waals surface area contributed by atoms with Crippen molar-refractivity contribution in [3.8, 4) is 0 Å². The highest BCUT2D eigenvalue weighted by atomic mass is 16.3. The van der Waals surface area contributed by atoms with Crippen LogP contribution in [0.4, 0.5) is 11.8 Å². The highest BCUT2D eigenvalue weighted by Gasteiger charge is 2.12. The molecule has 0 saturated heterocycles. The normalized spacial score (nSPS) is 12.4. The van der Waals surface area contributed by atoms with Crippen LogP contribution in [0.5, 0.6) is 0 Å². The predicted octanol–water partition coefficient (Wildman–Crippen LogP) is -0.360. The lowest BCUT2D eigenvalue weighted by molar-refractivity contribution is 0.101. The van der Waals surface area contributed by atoms with Gasteiger partial charge in [0.1, 0.15) is 5.82 Å². The van der Waals surface area contributed by atoms with Crippen molar-refractivity contribution in [1.29, 1.82) is 0 Å². The molecule has 0 fully saturated rings. The van der Waals surface area contributed by atoms with Gasteiger partial charge in [0.15, 0.2) is 0 Å². The quantitative estimate of drug-likeness (QED) is 0.732. The van der Waals surface area contributed by atoms with Gasteiger partial charge in [0.05, 0.1) is 12.7 Å². The van der Waals surface area contributed by atoms with Crippen molar-refractivity contribution in [2.24, 2.45) is 0 Å². The molecule has 0 aliphatic heterocycles. The van der Waals surface area contributed by atoms with Crippen LogP contribution < -0.4 is 9.80 Å². The van der Waals surface area contributed by atoms with E-state index in [4.69, 9.17) is 5.11 Å². The number of hydrogen-bond acceptors (Lipinski definition) is 6. The van der Waals surface area contributed by atoms with Gasteiger partial charge in [-0.2, -0.15) is 4.98 Å². The Hall–Kier alpha value is -1.40. The highest BCUT2D eigenvalue weighted by molar-refractivity contribution is 5.48. The van der Waals surface area contributed by atoms with Crippen molar-refractivity contribution in [2.75, 3.05) is 44.1 Å². The molecule has 0 aromatic carbocycles. The molecule has 1 aromatic rings. The van der Waals surface area contributed by atoms with E-state index in [1.165, 1.54) is 0 Å². The lowest BCUT2D eigenvalue weighted by Crippen LogP contribution is -2.32. The van der Waals surface area contributed by atoms with Crippen LogP contribution in [0.25, 0.3) is 0 Å². The van der Waals surface area contributed by atoms with Crippen LogP contribution in [-0.4, -0.2) is 60.6 Å². The molecule has 6 nitrogen and oxygen atoms in total. The summed E-state index contributed by atoms with van der Waals surface area (Å²) < 4.78 is 0. The smallest absolute Gasteiger partial charge is 0.227 e. The zero-order chi connectivity index (χ0) is 13.0. The minimum Gasteiger partial charge on any atom is -0.394 e. The zero-order valence-corrected chi connectivity index (χ0v) is 10.8. The van der Waals surface area contributed by atoms with Gasteiger partial charge in [0.2, 0.25) is 5.95 Å². The number of nitrogens with zero attached hydrogens (tertiary/aromatic N) is 4. The number of aryl methyl sites for hydroxylation is 1. The standard InChI is InChI=1S/C11H20N4O2/c1-8-5-12-11(13-10(8)14(2)3)15(4)6-9(17)7-16/h5,9,16-17H,6-7H2,1-4H3/t9-/m1/s1. The molecule has 1 heterocycles. The van der Waals surface area contributed by atoms with Crippen molar-refractivity contribution in [3.05, 3.63) is 11.8 Å². The van der Waals surface area contributed by atoms with E-state index in [-0.39, 0.29) is 6.61 Å². The van der Waals surface area contributed by atoms with E-state index in [1.54, 1.807) is 18.1 Å². The van der Waals surface area contributed by atoms with Crippen LogP contribution >= 0.6 is 0 Å². The number of aromatic nitrogens is 2. The Morgan fingerprint density at radius 3 is 2.53 bits per heavy atom. The first kappa shape index (κ1) is 13.7. The minimum absolute atomic E-state index is 0.267. The Morgan fingerprint density at radius 2 is 2.00 bits per heavy atom. The second kappa shape index (κ2) is 5.79. The molecule has 1 rings (SSSR count). The molecule has 96 valence electrons. The van der Waals surface area contributed by atoms with Gasteiger partial charge in [-0.05, 0) is 6.92 Å². The first-order chi connectivity index (χ1) is 7.95. The summed E-state index contributed by atoms with van der Waals surface area (Å²) in [5.74, 6) is 1.38. The van der Waals surface area contributed by atoms with Crippen molar-refractivity contribution < 1.29 is 10.2 Å². The van der Waals surface area contributed by atoms with Gasteiger partial charge in [0.25, 0.3) is 0 Å². The lowest BCUT2D eigenvalue weighted by Gasteiger charge is -2.22. The van der Waals surface area contributed by atoms with Crippen molar-refractivity contribution >= 4 is 11.8 Å². The molecular weight excluding hydrogens is 220 g/mol. The van der Waals surface area contributed by atoms with Gasteiger partial charge in [-0.1, -0.05) is 0 Å². The molecule has 0 aliphatic rings. The van der Waals surface area contributed by atoms with Gasteiger partial charge < -0.3 is 20.0 Å². The molecule has 0 spiro atoms. The fraction of sp³-hybridized carbons (Fsp3) is 0.636. The van der Waals surface area contributed by atoms with Gasteiger partial charge in [-0.15, -0.1) is 0 Å². The van der Waals surface area contributed by atoms with Gasteiger partial charge in [-0.3, -0.25) is 0 Å². The Balaban J connectivity index is 2.87. The third-order valence-corrected chi connectivity index (χ3v) is 2.39. The summed E-state index contributed by atoms with van der Waals surface area (Å²) in [5, 5.41) is 18.2. The summed E-state index contributed by atoms with van der Waals surface area (Å²) in [5.41, 5.74) is 0.995. The predicted molar refractivity (Wildman–Crippen MR) is 67.5 cm³/mol. The molecule has 6 heteroatoms. The summed E-state index contributed by atoms with van der Waals surface area (Å²) in [6, 6.07) is 0. The maximum atomic E-state index is 9.37. The molecule has 17 heavy (non-hydrogen) atoms. The Bertz CT molecular complexity index is 370. The number of aliphatic hydroxyl groups excluding tert-OH is 2. The van der Waals surface area contributed by atoms with Crippen LogP contribution in [0.3, 0.4) is 0 Å². The summed E-state index contributed by atoms with van der Waals surface area (Å²) in [6.45, 7) is 1.98. The second-order valence-electron chi connectivity index (χ2n) is 4.29. The molecule has 0 saturated carbocycles. The zero-order valence-electron chi connectivity index (χ0n) is 10.8. The number of anilines is 2. The van der Waals surface area contributed by atoms with E-state index in [1.807, 2.05) is 25.9 Å². The fourth-order valence-corrected chi connectivity index (χ4v) is 1.52. The van der Waals surface area contributed by atoms with Gasteiger partial charge >= 0.3 is 0 Å². The van der Waals surface area contributed by atoms with Crippen molar-refractivity contribution in [3.63, 3.8) is 0 Å². The topological polar surface area (TPSA) is 72.7 Å². The maximum Gasteiger partial charge on any atom is 0.227 e. The molecule has 1 atom stereocenters. The molecule has 0 unspecified atom stereocenters. The van der Waals surface area contributed by atoms with Crippen LogP contribution in [0, 0.1) is 6.92 Å². The Morgan fingerprint density at radius 1 is 1.35 bits per heavy atom. The summed E-state index contributed by atoms with van der Waals surface area (Å²) in [4.78, 5) is 12.2. The Labute approximate surface area is 102 Å². The monoisotopic (exact) mass is 240 g/mol. The second-order valence-corrected chi connectivity index (χ2v) is 4.29. The fourth-order valence-electron chi connectivity index (χ4n) is 1.52. The number of hydrogen-bond donors (Lipinski definition) is 2. The lowest BCUT2D eigenvalue weighted by atomic mass is 10.3. The van der Waals surface area contributed by atoms with E-state index < -0.39 is 6.10 Å². The third kappa shape index (κ3) is 3.54. The average Bonchev–Trinajstić information content (AvgIpc) is 2.28. The van der Waals surface area contributed by atoms with E-state index in [9.17, 15) is 5.11 Å². The largest absolute Gasteiger partial charge is 0.394 e. The van der Waals surface area contributed by atoms with E-state index >= 15 is 0 Å².